The number of hydrogen-bond donors (Lipinski definition) is 2. The van der Waals surface area contributed by atoms with E-state index in [-0.39, 0.29) is 5.54 Å². The Bertz CT molecular complexity index is 413. The van der Waals surface area contributed by atoms with Crippen LogP contribution >= 0.6 is 0 Å². The van der Waals surface area contributed by atoms with Gasteiger partial charge in [-0.2, -0.15) is 0 Å². The number of rotatable bonds is 5. The van der Waals surface area contributed by atoms with Crippen molar-refractivity contribution in [2.24, 2.45) is 0 Å². The minimum Gasteiger partial charge on any atom is -0.478 e. The fraction of sp³-hybridized carbons (Fsp3) is 0.462. The maximum absolute atomic E-state index is 10.8. The molecule has 0 atom stereocenters. The van der Waals surface area contributed by atoms with E-state index in [0.29, 0.717) is 12.2 Å². The van der Waals surface area contributed by atoms with Crippen molar-refractivity contribution in [3.8, 4) is 0 Å². The van der Waals surface area contributed by atoms with Crippen molar-refractivity contribution in [3.63, 3.8) is 0 Å². The summed E-state index contributed by atoms with van der Waals surface area (Å²) in [7, 11) is 1.66. The standard InChI is InChI=1S/C13H19NO3/c1-9-7-10(12(15)16)5-6-11(9)14-13(2,3)8-17-4/h5-7,14H,8H2,1-4H3,(H,15,16). The van der Waals surface area contributed by atoms with E-state index < -0.39 is 5.97 Å². The van der Waals surface area contributed by atoms with Crippen molar-refractivity contribution in [1.82, 2.24) is 0 Å². The van der Waals surface area contributed by atoms with Gasteiger partial charge in [0.2, 0.25) is 0 Å². The zero-order valence-corrected chi connectivity index (χ0v) is 10.7. The smallest absolute Gasteiger partial charge is 0.335 e. The normalized spacial score (nSPS) is 11.3. The van der Waals surface area contributed by atoms with Gasteiger partial charge in [-0.3, -0.25) is 0 Å². The first kappa shape index (κ1) is 13.5. The van der Waals surface area contributed by atoms with Gasteiger partial charge in [-0.25, -0.2) is 4.79 Å². The number of hydrogen-bond acceptors (Lipinski definition) is 3. The molecule has 0 amide bonds. The summed E-state index contributed by atoms with van der Waals surface area (Å²) in [5.74, 6) is -0.907. The third-order valence-corrected chi connectivity index (χ3v) is 2.45. The van der Waals surface area contributed by atoms with E-state index in [1.165, 1.54) is 0 Å². The molecule has 0 heterocycles. The maximum atomic E-state index is 10.8. The van der Waals surface area contributed by atoms with Crippen molar-refractivity contribution in [3.05, 3.63) is 29.3 Å². The highest BCUT2D eigenvalue weighted by atomic mass is 16.5. The van der Waals surface area contributed by atoms with Crippen molar-refractivity contribution in [1.29, 1.82) is 0 Å². The molecule has 4 heteroatoms. The van der Waals surface area contributed by atoms with E-state index in [2.05, 4.69) is 5.32 Å². The molecule has 1 aromatic rings. The molecule has 0 saturated heterocycles. The third-order valence-electron chi connectivity index (χ3n) is 2.45. The number of methoxy groups -OCH3 is 1. The van der Waals surface area contributed by atoms with Crippen molar-refractivity contribution >= 4 is 11.7 Å². The molecule has 94 valence electrons. The van der Waals surface area contributed by atoms with Gasteiger partial charge < -0.3 is 15.2 Å². The minimum absolute atomic E-state index is 0.190. The zero-order valence-electron chi connectivity index (χ0n) is 10.7. The molecule has 0 unspecified atom stereocenters. The van der Waals surface area contributed by atoms with Crippen LogP contribution < -0.4 is 5.32 Å². The highest BCUT2D eigenvalue weighted by Crippen LogP contribution is 2.21. The van der Waals surface area contributed by atoms with Crippen LogP contribution in [0.5, 0.6) is 0 Å². The van der Waals surface area contributed by atoms with Gasteiger partial charge in [-0.15, -0.1) is 0 Å². The quantitative estimate of drug-likeness (QED) is 0.826. The van der Waals surface area contributed by atoms with Gasteiger partial charge in [0.25, 0.3) is 0 Å². The molecule has 0 radical (unpaired) electrons. The summed E-state index contributed by atoms with van der Waals surface area (Å²) in [6.45, 7) is 6.52. The Hall–Kier alpha value is -1.55. The molecule has 0 aliphatic rings. The molecule has 0 aliphatic carbocycles. The van der Waals surface area contributed by atoms with Gasteiger partial charge in [-0.05, 0) is 44.5 Å². The predicted molar refractivity (Wildman–Crippen MR) is 67.7 cm³/mol. The van der Waals surface area contributed by atoms with Gasteiger partial charge >= 0.3 is 5.97 Å². The number of carbonyl (C=O) groups is 1. The van der Waals surface area contributed by atoms with Crippen molar-refractivity contribution in [2.75, 3.05) is 19.0 Å². The molecule has 0 bridgehead atoms. The number of carboxylic acid groups (broad SMARTS) is 1. The SMILES string of the molecule is COCC(C)(C)Nc1ccc(C(=O)O)cc1C. The second-order valence-corrected chi connectivity index (χ2v) is 4.78. The average molecular weight is 237 g/mol. The molecule has 0 aromatic heterocycles. The number of anilines is 1. The predicted octanol–water partition coefficient (Wildman–Crippen LogP) is 2.53. The Labute approximate surface area is 102 Å². The molecular formula is C13H19NO3. The van der Waals surface area contributed by atoms with E-state index in [4.69, 9.17) is 9.84 Å². The lowest BCUT2D eigenvalue weighted by molar-refractivity contribution is 0.0697. The maximum Gasteiger partial charge on any atom is 0.335 e. The molecule has 0 aliphatic heterocycles. The molecule has 1 aromatic carbocycles. The lowest BCUT2D eigenvalue weighted by Crippen LogP contribution is -2.36. The molecule has 0 saturated carbocycles. The molecule has 0 fully saturated rings. The largest absolute Gasteiger partial charge is 0.478 e. The van der Waals surface area contributed by atoms with E-state index in [1.807, 2.05) is 20.8 Å². The number of benzene rings is 1. The van der Waals surface area contributed by atoms with Crippen LogP contribution in [0.25, 0.3) is 0 Å². The summed E-state index contributed by atoms with van der Waals surface area (Å²) >= 11 is 0. The minimum atomic E-state index is -0.907. The molecule has 2 N–H and O–H groups in total. The monoisotopic (exact) mass is 237 g/mol. The number of nitrogens with one attached hydrogen (secondary N) is 1. The fourth-order valence-corrected chi connectivity index (χ4v) is 1.70. The van der Waals surface area contributed by atoms with E-state index in [9.17, 15) is 4.79 Å². The van der Waals surface area contributed by atoms with E-state index >= 15 is 0 Å². The summed E-state index contributed by atoms with van der Waals surface area (Å²) in [4.78, 5) is 10.8. The highest BCUT2D eigenvalue weighted by molar-refractivity contribution is 5.88. The Kier molecular flexibility index (Phi) is 4.12. The Morgan fingerprint density at radius 1 is 1.47 bits per heavy atom. The zero-order chi connectivity index (χ0) is 13.1. The van der Waals surface area contributed by atoms with E-state index in [1.54, 1.807) is 25.3 Å². The second kappa shape index (κ2) is 5.19. The molecule has 1 rings (SSSR count). The van der Waals surface area contributed by atoms with Crippen LogP contribution in [0, 0.1) is 6.92 Å². The fourth-order valence-electron chi connectivity index (χ4n) is 1.70. The summed E-state index contributed by atoms with van der Waals surface area (Å²) in [6.07, 6.45) is 0. The highest BCUT2D eigenvalue weighted by Gasteiger charge is 2.18. The summed E-state index contributed by atoms with van der Waals surface area (Å²) < 4.78 is 5.12. The second-order valence-electron chi connectivity index (χ2n) is 4.78. The average Bonchev–Trinajstić information content (AvgIpc) is 2.20. The van der Waals surface area contributed by atoms with Crippen LogP contribution in [0.4, 0.5) is 5.69 Å². The number of aromatic carboxylic acids is 1. The van der Waals surface area contributed by atoms with Crippen molar-refractivity contribution < 1.29 is 14.6 Å². The molecular weight excluding hydrogens is 218 g/mol. The summed E-state index contributed by atoms with van der Waals surface area (Å²) in [5, 5.41) is 12.2. The Morgan fingerprint density at radius 2 is 2.12 bits per heavy atom. The van der Waals surface area contributed by atoms with Crippen LogP contribution in [-0.2, 0) is 4.74 Å². The first-order chi connectivity index (χ1) is 7.85. The molecule has 0 spiro atoms. The van der Waals surface area contributed by atoms with Gasteiger partial charge in [-0.1, -0.05) is 0 Å². The summed E-state index contributed by atoms with van der Waals surface area (Å²) in [6, 6.07) is 5.05. The van der Waals surface area contributed by atoms with Gasteiger partial charge in [0.05, 0.1) is 17.7 Å². The third kappa shape index (κ3) is 3.75. The number of ether oxygens (including phenoxy) is 1. The van der Waals surface area contributed by atoms with Crippen molar-refractivity contribution in [2.45, 2.75) is 26.3 Å². The van der Waals surface area contributed by atoms with Crippen LogP contribution in [0.3, 0.4) is 0 Å². The van der Waals surface area contributed by atoms with Crippen LogP contribution in [0.1, 0.15) is 29.8 Å². The molecule has 4 nitrogen and oxygen atoms in total. The molecule has 17 heavy (non-hydrogen) atoms. The topological polar surface area (TPSA) is 58.6 Å². The first-order valence-electron chi connectivity index (χ1n) is 5.47. The van der Waals surface area contributed by atoms with Gasteiger partial charge in [0.15, 0.2) is 0 Å². The van der Waals surface area contributed by atoms with Gasteiger partial charge in [0.1, 0.15) is 0 Å². The Morgan fingerprint density at radius 3 is 2.59 bits per heavy atom. The van der Waals surface area contributed by atoms with E-state index in [0.717, 1.165) is 11.3 Å². The summed E-state index contributed by atoms with van der Waals surface area (Å²) in [5.41, 5.74) is 1.95. The van der Waals surface area contributed by atoms with Crippen LogP contribution in [-0.4, -0.2) is 30.3 Å². The first-order valence-corrected chi connectivity index (χ1v) is 5.47. The number of carboxylic acids is 1. The Balaban J connectivity index is 2.90. The van der Waals surface area contributed by atoms with Crippen LogP contribution in [0.2, 0.25) is 0 Å². The van der Waals surface area contributed by atoms with Gasteiger partial charge in [0, 0.05) is 12.8 Å². The van der Waals surface area contributed by atoms with Crippen LogP contribution in [0.15, 0.2) is 18.2 Å². The lowest BCUT2D eigenvalue weighted by atomic mass is 10.0. The lowest BCUT2D eigenvalue weighted by Gasteiger charge is -2.27. The number of aryl methyl sites for hydroxylation is 1.